The highest BCUT2D eigenvalue weighted by Crippen LogP contribution is 2.28. The Kier molecular flexibility index (Phi) is 4.12. The maximum atomic E-state index is 5.89. The van der Waals surface area contributed by atoms with Gasteiger partial charge < -0.3 is 0 Å². The summed E-state index contributed by atoms with van der Waals surface area (Å²) >= 11 is 13.6. The van der Waals surface area contributed by atoms with Crippen molar-refractivity contribution in [2.75, 3.05) is 5.75 Å². The van der Waals surface area contributed by atoms with Gasteiger partial charge in [0.05, 0.1) is 10.7 Å². The van der Waals surface area contributed by atoms with Crippen LogP contribution in [0, 0.1) is 0 Å². The predicted molar refractivity (Wildman–Crippen MR) is 65.9 cm³/mol. The lowest BCUT2D eigenvalue weighted by atomic mass is 10.1. The maximum absolute atomic E-state index is 5.89. The van der Waals surface area contributed by atoms with Crippen LogP contribution in [0.25, 0.3) is 0 Å². The van der Waals surface area contributed by atoms with Crippen LogP contribution in [0.4, 0.5) is 0 Å². The first-order chi connectivity index (χ1) is 7.25. The van der Waals surface area contributed by atoms with Gasteiger partial charge in [0, 0.05) is 11.7 Å². The van der Waals surface area contributed by atoms with Gasteiger partial charge in [-0.1, -0.05) is 29.6 Å². The van der Waals surface area contributed by atoms with Crippen LogP contribution in [0.2, 0.25) is 10.2 Å². The molecule has 1 unspecified atom stereocenters. The van der Waals surface area contributed by atoms with E-state index < -0.39 is 0 Å². The van der Waals surface area contributed by atoms with Crippen molar-refractivity contribution < 1.29 is 0 Å². The molecule has 0 spiro atoms. The second-order valence-electron chi connectivity index (χ2n) is 3.67. The van der Waals surface area contributed by atoms with Crippen molar-refractivity contribution in [3.05, 3.63) is 21.9 Å². The molecule has 0 amide bonds. The monoisotopic (exact) mass is 262 g/mol. The highest BCUT2D eigenvalue weighted by molar-refractivity contribution is 7.99. The minimum absolute atomic E-state index is 0.289. The lowest BCUT2D eigenvalue weighted by Crippen LogP contribution is -2.13. The zero-order chi connectivity index (χ0) is 10.7. The quantitative estimate of drug-likeness (QED) is 0.815. The third kappa shape index (κ3) is 3.23. The van der Waals surface area contributed by atoms with Crippen LogP contribution in [0.5, 0.6) is 0 Å². The van der Waals surface area contributed by atoms with E-state index in [1.807, 2.05) is 17.8 Å². The van der Waals surface area contributed by atoms with Crippen molar-refractivity contribution in [1.82, 2.24) is 10.2 Å². The Labute approximate surface area is 104 Å². The Morgan fingerprint density at radius 2 is 2.20 bits per heavy atom. The van der Waals surface area contributed by atoms with Crippen molar-refractivity contribution in [2.45, 2.75) is 30.9 Å². The minimum atomic E-state index is 0.289. The molecule has 1 aromatic rings. The lowest BCUT2D eigenvalue weighted by Gasteiger charge is -2.20. The second kappa shape index (κ2) is 5.37. The first kappa shape index (κ1) is 11.5. The molecule has 0 saturated carbocycles. The summed E-state index contributed by atoms with van der Waals surface area (Å²) in [7, 11) is 0. The number of aromatic nitrogens is 2. The molecule has 0 bridgehead atoms. The predicted octanol–water partition coefficient (Wildman–Crippen LogP) is 3.61. The van der Waals surface area contributed by atoms with Crippen LogP contribution in [0.3, 0.4) is 0 Å². The van der Waals surface area contributed by atoms with Crippen molar-refractivity contribution in [1.29, 1.82) is 0 Å². The molecule has 1 saturated heterocycles. The number of nitrogens with zero attached hydrogens (tertiary/aromatic N) is 2. The molecule has 1 aromatic heterocycles. The van der Waals surface area contributed by atoms with Gasteiger partial charge in [0.25, 0.3) is 0 Å². The number of thioether (sulfide) groups is 1. The minimum Gasteiger partial charge on any atom is -0.158 e. The molecule has 0 aliphatic carbocycles. The third-order valence-corrected chi connectivity index (χ3v) is 4.53. The molecule has 82 valence electrons. The van der Waals surface area contributed by atoms with E-state index in [1.165, 1.54) is 25.0 Å². The summed E-state index contributed by atoms with van der Waals surface area (Å²) in [5.74, 6) is 1.26. The molecule has 1 aliphatic heterocycles. The highest BCUT2D eigenvalue weighted by Gasteiger charge is 2.15. The standard InChI is InChI=1S/C10H12Cl2N2S/c11-9-6-7(13-14-10(9)12)5-8-3-1-2-4-15-8/h6,8H,1-5H2. The van der Waals surface area contributed by atoms with E-state index in [1.54, 1.807) is 0 Å². The van der Waals surface area contributed by atoms with Crippen molar-refractivity contribution in [3.8, 4) is 0 Å². The van der Waals surface area contributed by atoms with Crippen molar-refractivity contribution in [3.63, 3.8) is 0 Å². The van der Waals surface area contributed by atoms with Gasteiger partial charge in [-0.3, -0.25) is 0 Å². The van der Waals surface area contributed by atoms with E-state index in [0.29, 0.717) is 10.3 Å². The Balaban J connectivity index is 2.00. The number of rotatable bonds is 2. The molecule has 2 rings (SSSR count). The summed E-state index contributed by atoms with van der Waals surface area (Å²) in [6.07, 6.45) is 4.89. The fourth-order valence-corrected chi connectivity index (χ4v) is 3.27. The number of hydrogen-bond acceptors (Lipinski definition) is 3. The zero-order valence-corrected chi connectivity index (χ0v) is 10.6. The number of halogens is 2. The van der Waals surface area contributed by atoms with Crippen LogP contribution < -0.4 is 0 Å². The van der Waals surface area contributed by atoms with Crippen LogP contribution >= 0.6 is 35.0 Å². The van der Waals surface area contributed by atoms with Gasteiger partial charge in [-0.15, -0.1) is 5.10 Å². The maximum Gasteiger partial charge on any atom is 0.170 e. The average Bonchev–Trinajstić information content (AvgIpc) is 2.25. The van der Waals surface area contributed by atoms with Crippen LogP contribution in [0.15, 0.2) is 6.07 Å². The summed E-state index contributed by atoms with van der Waals surface area (Å²) < 4.78 is 0. The topological polar surface area (TPSA) is 25.8 Å². The van der Waals surface area contributed by atoms with Gasteiger partial charge >= 0.3 is 0 Å². The van der Waals surface area contributed by atoms with Gasteiger partial charge in [-0.2, -0.15) is 16.9 Å². The van der Waals surface area contributed by atoms with Crippen LogP contribution in [0.1, 0.15) is 25.0 Å². The van der Waals surface area contributed by atoms with E-state index in [0.717, 1.165) is 12.1 Å². The first-order valence-electron chi connectivity index (χ1n) is 5.05. The van der Waals surface area contributed by atoms with Crippen molar-refractivity contribution >= 4 is 35.0 Å². The fraction of sp³-hybridized carbons (Fsp3) is 0.600. The van der Waals surface area contributed by atoms with E-state index in [4.69, 9.17) is 23.2 Å². The molecular formula is C10H12Cl2N2S. The van der Waals surface area contributed by atoms with E-state index in [-0.39, 0.29) is 5.15 Å². The Morgan fingerprint density at radius 1 is 1.33 bits per heavy atom. The SMILES string of the molecule is Clc1cc(CC2CCCCS2)nnc1Cl. The molecule has 1 fully saturated rings. The van der Waals surface area contributed by atoms with E-state index in [2.05, 4.69) is 10.2 Å². The van der Waals surface area contributed by atoms with Crippen LogP contribution in [-0.2, 0) is 6.42 Å². The summed E-state index contributed by atoms with van der Waals surface area (Å²) in [6, 6.07) is 1.83. The van der Waals surface area contributed by atoms with Crippen molar-refractivity contribution in [2.24, 2.45) is 0 Å². The third-order valence-electron chi connectivity index (χ3n) is 2.47. The molecule has 1 aliphatic rings. The van der Waals surface area contributed by atoms with Gasteiger partial charge in [-0.05, 0) is 24.7 Å². The summed E-state index contributed by atoms with van der Waals surface area (Å²) in [5, 5.41) is 9.33. The molecule has 2 nitrogen and oxygen atoms in total. The lowest BCUT2D eigenvalue weighted by molar-refractivity contribution is 0.651. The molecule has 15 heavy (non-hydrogen) atoms. The fourth-order valence-electron chi connectivity index (χ4n) is 1.69. The Morgan fingerprint density at radius 3 is 2.87 bits per heavy atom. The first-order valence-corrected chi connectivity index (χ1v) is 6.85. The van der Waals surface area contributed by atoms with E-state index in [9.17, 15) is 0 Å². The molecule has 5 heteroatoms. The average molecular weight is 263 g/mol. The summed E-state index contributed by atoms with van der Waals surface area (Å²) in [5.41, 5.74) is 0.948. The molecule has 0 radical (unpaired) electrons. The van der Waals surface area contributed by atoms with Crippen LogP contribution in [-0.4, -0.2) is 21.2 Å². The largest absolute Gasteiger partial charge is 0.170 e. The Bertz CT molecular complexity index is 340. The van der Waals surface area contributed by atoms with Gasteiger partial charge in [0.1, 0.15) is 0 Å². The summed E-state index contributed by atoms with van der Waals surface area (Å²) in [6.45, 7) is 0. The molecule has 1 atom stereocenters. The molecule has 0 N–H and O–H groups in total. The van der Waals surface area contributed by atoms with Gasteiger partial charge in [0.15, 0.2) is 5.15 Å². The molecule has 2 heterocycles. The van der Waals surface area contributed by atoms with Gasteiger partial charge in [0.2, 0.25) is 0 Å². The molecule has 0 aromatic carbocycles. The van der Waals surface area contributed by atoms with Gasteiger partial charge in [-0.25, -0.2) is 0 Å². The highest BCUT2D eigenvalue weighted by atomic mass is 35.5. The zero-order valence-electron chi connectivity index (χ0n) is 8.25. The molecular weight excluding hydrogens is 251 g/mol. The Hall–Kier alpha value is 0.01000. The number of hydrogen-bond donors (Lipinski definition) is 0. The smallest absolute Gasteiger partial charge is 0.158 e. The second-order valence-corrected chi connectivity index (χ2v) is 5.84. The normalized spacial score (nSPS) is 21.6. The summed E-state index contributed by atoms with van der Waals surface area (Å²) in [4.78, 5) is 0. The van der Waals surface area contributed by atoms with E-state index >= 15 is 0 Å².